The van der Waals surface area contributed by atoms with E-state index in [4.69, 9.17) is 19.9 Å². The van der Waals surface area contributed by atoms with Gasteiger partial charge in [-0.25, -0.2) is 0 Å². The zero-order chi connectivity index (χ0) is 29.3. The summed E-state index contributed by atoms with van der Waals surface area (Å²) in [6, 6.07) is 3.83. The number of carbonyl (C=O) groups excluding carboxylic acids is 3. The number of fused-ring (bicyclic) bond motifs is 3. The summed E-state index contributed by atoms with van der Waals surface area (Å²) in [4.78, 5) is 40.0. The van der Waals surface area contributed by atoms with Crippen LogP contribution in [0.25, 0.3) is 0 Å². The highest BCUT2D eigenvalue weighted by molar-refractivity contribution is 6.31. The summed E-state index contributed by atoms with van der Waals surface area (Å²) in [5.41, 5.74) is 3.02. The van der Waals surface area contributed by atoms with E-state index < -0.39 is 82.6 Å². The molecule has 2 aliphatic carbocycles. The summed E-state index contributed by atoms with van der Waals surface area (Å²) in [6.07, 6.45) is -4.86. The second-order valence-electron chi connectivity index (χ2n) is 11.1. The third-order valence-corrected chi connectivity index (χ3v) is 7.94. The number of phenolic OH excluding ortho intramolecular Hbond substituents is 2. The standard InChI is InChI=1S/C29H33NO10/c1-11(2)38-17-7-5-6-14-20(17)27(35)23-22(25(14)33)26(34)15-9-29(37,13(4)31)10-18(21(15)28(23)36)40-19-8-16(30)24(32)12(3)39-19/h5-7,11-12,16,18-19,24,32,34,36-37H,8-10,30H2,1-4H3. The first-order valence-corrected chi connectivity index (χ1v) is 13.2. The van der Waals surface area contributed by atoms with E-state index in [1.807, 2.05) is 0 Å². The average Bonchev–Trinajstić information content (AvgIpc) is 2.87. The Bertz CT molecular complexity index is 1410. The van der Waals surface area contributed by atoms with E-state index >= 15 is 0 Å². The largest absolute Gasteiger partial charge is 0.507 e. The van der Waals surface area contributed by atoms with Crippen molar-refractivity contribution in [3.63, 3.8) is 0 Å². The molecule has 11 heteroatoms. The number of hydrogen-bond acceptors (Lipinski definition) is 11. The Kier molecular flexibility index (Phi) is 7.00. The topological polar surface area (TPSA) is 186 Å². The van der Waals surface area contributed by atoms with Crippen molar-refractivity contribution in [1.82, 2.24) is 0 Å². The summed E-state index contributed by atoms with van der Waals surface area (Å²) in [5, 5.41) is 44.4. The first kappa shape index (κ1) is 28.2. The second-order valence-corrected chi connectivity index (χ2v) is 11.1. The van der Waals surface area contributed by atoms with Gasteiger partial charge in [0.1, 0.15) is 22.8 Å². The van der Waals surface area contributed by atoms with E-state index in [0.717, 1.165) is 0 Å². The molecule has 0 spiro atoms. The Morgan fingerprint density at radius 1 is 1.12 bits per heavy atom. The van der Waals surface area contributed by atoms with Gasteiger partial charge in [-0.3, -0.25) is 14.4 Å². The van der Waals surface area contributed by atoms with Crippen LogP contribution in [-0.4, -0.2) is 74.0 Å². The number of ketones is 3. The Hall–Kier alpha value is -3.35. The van der Waals surface area contributed by atoms with Crippen molar-refractivity contribution >= 4 is 17.3 Å². The summed E-state index contributed by atoms with van der Waals surface area (Å²) >= 11 is 0. The van der Waals surface area contributed by atoms with Crippen LogP contribution in [-0.2, 0) is 20.7 Å². The number of aromatic hydroxyl groups is 2. The fourth-order valence-electron chi connectivity index (χ4n) is 5.84. The van der Waals surface area contributed by atoms with E-state index in [0.29, 0.717) is 0 Å². The van der Waals surface area contributed by atoms with Crippen molar-refractivity contribution in [1.29, 1.82) is 0 Å². The smallest absolute Gasteiger partial charge is 0.202 e. The molecule has 2 aromatic rings. The molecule has 0 bridgehead atoms. The molecular formula is C29H33NO10. The van der Waals surface area contributed by atoms with Gasteiger partial charge in [0, 0.05) is 42.0 Å². The van der Waals surface area contributed by atoms with E-state index in [9.17, 15) is 34.8 Å². The number of benzene rings is 2. The normalized spacial score (nSPS) is 29.6. The van der Waals surface area contributed by atoms with Crippen LogP contribution < -0.4 is 10.5 Å². The number of aliphatic hydroxyl groups is 2. The summed E-state index contributed by atoms with van der Waals surface area (Å²) in [7, 11) is 0. The Morgan fingerprint density at radius 3 is 2.42 bits per heavy atom. The molecule has 6 unspecified atom stereocenters. The number of rotatable bonds is 5. The maximum atomic E-state index is 13.9. The van der Waals surface area contributed by atoms with Crippen LogP contribution in [0.5, 0.6) is 17.2 Å². The second kappa shape index (κ2) is 9.93. The predicted molar refractivity (Wildman–Crippen MR) is 140 cm³/mol. The molecule has 214 valence electrons. The van der Waals surface area contributed by atoms with Crippen molar-refractivity contribution in [3.8, 4) is 17.2 Å². The molecular weight excluding hydrogens is 522 g/mol. The molecule has 0 aromatic heterocycles. The number of carbonyl (C=O) groups is 3. The van der Waals surface area contributed by atoms with Gasteiger partial charge in [0.05, 0.1) is 41.1 Å². The van der Waals surface area contributed by atoms with Crippen molar-refractivity contribution in [2.45, 2.75) is 89.3 Å². The zero-order valence-corrected chi connectivity index (χ0v) is 22.6. The van der Waals surface area contributed by atoms with Crippen LogP contribution in [0.15, 0.2) is 18.2 Å². The highest BCUT2D eigenvalue weighted by Crippen LogP contribution is 2.52. The molecule has 1 fully saturated rings. The fraction of sp³-hybridized carbons (Fsp3) is 0.483. The molecule has 0 saturated carbocycles. The third-order valence-electron chi connectivity index (χ3n) is 7.94. The molecule has 5 rings (SSSR count). The minimum Gasteiger partial charge on any atom is -0.507 e. The third kappa shape index (κ3) is 4.38. The van der Waals surface area contributed by atoms with E-state index in [1.54, 1.807) is 32.9 Å². The summed E-state index contributed by atoms with van der Waals surface area (Å²) < 4.78 is 17.6. The number of ether oxygens (including phenoxy) is 3. The first-order chi connectivity index (χ1) is 18.7. The van der Waals surface area contributed by atoms with Crippen molar-refractivity contribution < 1.29 is 49.0 Å². The van der Waals surface area contributed by atoms with Crippen LogP contribution in [0.1, 0.15) is 89.6 Å². The number of nitrogens with two attached hydrogens (primary N) is 1. The van der Waals surface area contributed by atoms with Gasteiger partial charge in [0.15, 0.2) is 17.9 Å². The van der Waals surface area contributed by atoms with Gasteiger partial charge >= 0.3 is 0 Å². The maximum Gasteiger partial charge on any atom is 0.202 e. The average molecular weight is 556 g/mol. The van der Waals surface area contributed by atoms with Crippen molar-refractivity contribution in [2.24, 2.45) is 5.73 Å². The molecule has 1 saturated heterocycles. The molecule has 2 aromatic carbocycles. The maximum absolute atomic E-state index is 13.9. The SMILES string of the molecule is CC(=O)C1(O)Cc2c(O)c3c(c(O)c2C(OC2CC(N)C(O)C(C)O2)C1)C(=O)c1c(OC(C)C)cccc1C3=O. The quantitative estimate of drug-likeness (QED) is 0.289. The van der Waals surface area contributed by atoms with Crippen LogP contribution in [0.4, 0.5) is 0 Å². The molecule has 40 heavy (non-hydrogen) atoms. The highest BCUT2D eigenvalue weighted by Gasteiger charge is 2.49. The number of phenols is 2. The van der Waals surface area contributed by atoms with Crippen molar-refractivity contribution in [2.75, 3.05) is 0 Å². The van der Waals surface area contributed by atoms with Crippen LogP contribution in [0.2, 0.25) is 0 Å². The van der Waals surface area contributed by atoms with Crippen molar-refractivity contribution in [3.05, 3.63) is 51.6 Å². The summed E-state index contributed by atoms with van der Waals surface area (Å²) in [5.74, 6) is -3.13. The lowest BCUT2D eigenvalue weighted by atomic mass is 9.72. The summed E-state index contributed by atoms with van der Waals surface area (Å²) in [6.45, 7) is 6.32. The molecule has 0 radical (unpaired) electrons. The van der Waals surface area contributed by atoms with Crippen LogP contribution in [0.3, 0.4) is 0 Å². The monoisotopic (exact) mass is 555 g/mol. The molecule has 1 heterocycles. The number of hydrogen-bond donors (Lipinski definition) is 5. The lowest BCUT2D eigenvalue weighted by Gasteiger charge is -2.42. The molecule has 6 N–H and O–H groups in total. The fourth-order valence-corrected chi connectivity index (χ4v) is 5.84. The van der Waals surface area contributed by atoms with E-state index in [-0.39, 0.29) is 46.9 Å². The van der Waals surface area contributed by atoms with Gasteiger partial charge in [-0.05, 0) is 33.8 Å². The lowest BCUT2D eigenvalue weighted by Crippen LogP contribution is -2.52. The zero-order valence-electron chi connectivity index (χ0n) is 22.6. The Morgan fingerprint density at radius 2 is 1.80 bits per heavy atom. The first-order valence-electron chi connectivity index (χ1n) is 13.2. The van der Waals surface area contributed by atoms with E-state index in [1.165, 1.54) is 13.0 Å². The van der Waals surface area contributed by atoms with Gasteiger partial charge in [0.2, 0.25) is 5.78 Å². The lowest BCUT2D eigenvalue weighted by molar-refractivity contribution is -0.247. The number of Topliss-reactive ketones (excluding diaryl/α,β-unsaturated/α-hetero) is 1. The minimum absolute atomic E-state index is 0.00659. The highest BCUT2D eigenvalue weighted by atomic mass is 16.7. The van der Waals surface area contributed by atoms with E-state index in [2.05, 4.69) is 0 Å². The minimum atomic E-state index is -2.00. The molecule has 3 aliphatic rings. The van der Waals surface area contributed by atoms with Crippen LogP contribution >= 0.6 is 0 Å². The molecule has 11 nitrogen and oxygen atoms in total. The molecule has 6 atom stereocenters. The van der Waals surface area contributed by atoms with Gasteiger partial charge in [-0.1, -0.05) is 12.1 Å². The number of aliphatic hydroxyl groups excluding tert-OH is 1. The van der Waals surface area contributed by atoms with Gasteiger partial charge in [-0.15, -0.1) is 0 Å². The Balaban J connectivity index is 1.67. The van der Waals surface area contributed by atoms with Gasteiger partial charge in [0.25, 0.3) is 0 Å². The Labute approximate surface area is 230 Å². The molecule has 1 aliphatic heterocycles. The van der Waals surface area contributed by atoms with Gasteiger partial charge < -0.3 is 40.4 Å². The van der Waals surface area contributed by atoms with Crippen LogP contribution in [0, 0.1) is 0 Å². The predicted octanol–water partition coefficient (Wildman–Crippen LogP) is 1.81. The molecule has 0 amide bonds. The van der Waals surface area contributed by atoms with Gasteiger partial charge in [-0.2, -0.15) is 0 Å².